The van der Waals surface area contributed by atoms with Crippen LogP contribution in [0.15, 0.2) is 48.5 Å². The molecular weight excluding hydrogens is 624 g/mol. The van der Waals surface area contributed by atoms with E-state index in [2.05, 4.69) is 5.32 Å². The van der Waals surface area contributed by atoms with Crippen LogP contribution in [-0.2, 0) is 26.2 Å². The zero-order chi connectivity index (χ0) is 33.1. The average molecular weight is 660 g/mol. The summed E-state index contributed by atoms with van der Waals surface area (Å²) in [4.78, 5) is 25.0. The van der Waals surface area contributed by atoms with Crippen LogP contribution in [-0.4, -0.2) is 55.4 Å². The van der Waals surface area contributed by atoms with E-state index in [0.717, 1.165) is 25.3 Å². The Labute approximate surface area is 270 Å². The van der Waals surface area contributed by atoms with Gasteiger partial charge in [-0.2, -0.15) is 0 Å². The third kappa shape index (κ3) is 7.37. The number of alkyl carbamates (subject to hydrolysis) is 1. The van der Waals surface area contributed by atoms with Crippen LogP contribution in [0.1, 0.15) is 61.5 Å². The molecule has 46 heavy (non-hydrogen) atoms. The summed E-state index contributed by atoms with van der Waals surface area (Å²) in [6.07, 6.45) is 1.60. The Hall–Kier alpha value is -3.93. The predicted octanol–water partition coefficient (Wildman–Crippen LogP) is 7.26. The first kappa shape index (κ1) is 33.4. The fraction of sp³-hybridized carbons (Fsp3) is 0.412. The number of nitrogens with one attached hydrogen (secondary N) is 1. The molecule has 3 aromatic rings. The zero-order valence-corrected chi connectivity index (χ0v) is 26.5. The molecule has 2 aliphatic rings. The first-order valence-electron chi connectivity index (χ1n) is 15.0. The minimum atomic E-state index is -1.45. The van der Waals surface area contributed by atoms with Gasteiger partial charge in [0, 0.05) is 35.8 Å². The number of hydrogen-bond acceptors (Lipinski definition) is 7. The van der Waals surface area contributed by atoms with Crippen LogP contribution in [0.25, 0.3) is 11.1 Å². The summed E-state index contributed by atoms with van der Waals surface area (Å²) in [5, 5.41) is 12.3. The van der Waals surface area contributed by atoms with Gasteiger partial charge in [0.05, 0.1) is 23.7 Å². The number of carbonyl (C=O) groups is 2. The van der Waals surface area contributed by atoms with Gasteiger partial charge in [0.1, 0.15) is 23.8 Å². The van der Waals surface area contributed by atoms with E-state index in [1.165, 1.54) is 12.1 Å². The molecule has 0 spiro atoms. The Morgan fingerprint density at radius 3 is 2.52 bits per heavy atom. The van der Waals surface area contributed by atoms with E-state index in [1.807, 2.05) is 0 Å². The van der Waals surface area contributed by atoms with Crippen molar-refractivity contribution in [1.29, 1.82) is 0 Å². The van der Waals surface area contributed by atoms with Crippen molar-refractivity contribution in [2.24, 2.45) is 0 Å². The molecule has 1 saturated heterocycles. The van der Waals surface area contributed by atoms with E-state index < -0.39 is 51.0 Å². The SMILES string of the molecule is CC(C)(C)OC(=O)NC[C@@]1(c2ccccc2)Cc2c(cc(F)c(Cl)c2-c2c(C(=O)O)ccc(OCCO[C@@H]3CCCCO3)c2F)O1. The highest BCUT2D eigenvalue weighted by Gasteiger charge is 2.45. The van der Waals surface area contributed by atoms with Crippen molar-refractivity contribution in [3.63, 3.8) is 0 Å². The smallest absolute Gasteiger partial charge is 0.407 e. The van der Waals surface area contributed by atoms with Crippen molar-refractivity contribution in [1.82, 2.24) is 5.32 Å². The van der Waals surface area contributed by atoms with Gasteiger partial charge >= 0.3 is 12.1 Å². The summed E-state index contributed by atoms with van der Waals surface area (Å²) < 4.78 is 60.4. The fourth-order valence-electron chi connectivity index (χ4n) is 5.60. The lowest BCUT2D eigenvalue weighted by molar-refractivity contribution is -0.165. The summed E-state index contributed by atoms with van der Waals surface area (Å²) in [6, 6.07) is 12.4. The molecule has 0 aliphatic carbocycles. The first-order chi connectivity index (χ1) is 21.9. The maximum atomic E-state index is 16.3. The molecule has 2 aliphatic heterocycles. The minimum absolute atomic E-state index is 0.0176. The van der Waals surface area contributed by atoms with E-state index in [-0.39, 0.29) is 55.1 Å². The van der Waals surface area contributed by atoms with E-state index in [1.54, 1.807) is 51.1 Å². The topological polar surface area (TPSA) is 113 Å². The van der Waals surface area contributed by atoms with Crippen molar-refractivity contribution < 1.29 is 47.2 Å². The summed E-state index contributed by atoms with van der Waals surface area (Å²) in [7, 11) is 0. The van der Waals surface area contributed by atoms with Crippen LogP contribution in [0.5, 0.6) is 11.5 Å². The maximum absolute atomic E-state index is 16.3. The van der Waals surface area contributed by atoms with Gasteiger partial charge in [-0.25, -0.2) is 18.4 Å². The number of benzene rings is 3. The van der Waals surface area contributed by atoms with Gasteiger partial charge in [0.2, 0.25) is 0 Å². The lowest BCUT2D eigenvalue weighted by Gasteiger charge is -2.30. The summed E-state index contributed by atoms with van der Waals surface area (Å²) in [5.41, 5.74) is -2.25. The molecule has 2 heterocycles. The average Bonchev–Trinajstić information content (AvgIpc) is 3.39. The van der Waals surface area contributed by atoms with Gasteiger partial charge in [-0.05, 0) is 57.7 Å². The Morgan fingerprint density at radius 2 is 1.85 bits per heavy atom. The third-order valence-corrected chi connectivity index (χ3v) is 8.01. The van der Waals surface area contributed by atoms with E-state index in [9.17, 15) is 14.7 Å². The molecule has 0 bridgehead atoms. The number of hydrogen-bond donors (Lipinski definition) is 2. The second-order valence-corrected chi connectivity index (χ2v) is 12.5. The number of carboxylic acid groups (broad SMARTS) is 1. The summed E-state index contributed by atoms with van der Waals surface area (Å²) >= 11 is 6.51. The molecule has 5 rings (SSSR count). The lowest BCUT2D eigenvalue weighted by atomic mass is 9.85. The molecule has 1 fully saturated rings. The maximum Gasteiger partial charge on any atom is 0.407 e. The number of fused-ring (bicyclic) bond motifs is 1. The standard InChI is InChI=1S/C34H36ClF2NO8/c1-33(2,3)46-32(41)38-19-34(20-9-5-4-6-10-20)18-22-25(45-34)17-23(36)29(35)27(22)28-21(31(39)40)12-13-24(30(28)37)42-15-16-44-26-11-7-8-14-43-26/h4-6,9-10,12-13,17,26H,7-8,11,14-16,18-19H2,1-3H3,(H,38,41)(H,39,40)/t26-,34-/m1/s1. The Kier molecular flexibility index (Phi) is 10.0. The molecule has 9 nitrogen and oxygen atoms in total. The van der Waals surface area contributed by atoms with Crippen LogP contribution in [0, 0.1) is 11.6 Å². The van der Waals surface area contributed by atoms with E-state index in [0.29, 0.717) is 12.2 Å². The number of rotatable bonds is 10. The van der Waals surface area contributed by atoms with Gasteiger partial charge in [-0.15, -0.1) is 0 Å². The molecule has 0 radical (unpaired) electrons. The van der Waals surface area contributed by atoms with Crippen LogP contribution in [0.2, 0.25) is 5.02 Å². The second-order valence-electron chi connectivity index (χ2n) is 12.1. The molecule has 3 aromatic carbocycles. The fourth-order valence-corrected chi connectivity index (χ4v) is 5.86. The van der Waals surface area contributed by atoms with Gasteiger partial charge in [0.25, 0.3) is 0 Å². The molecular formula is C34H36ClF2NO8. The van der Waals surface area contributed by atoms with E-state index >= 15 is 8.78 Å². The molecule has 2 N–H and O–H groups in total. The predicted molar refractivity (Wildman–Crippen MR) is 165 cm³/mol. The van der Waals surface area contributed by atoms with Gasteiger partial charge < -0.3 is 34.1 Å². The van der Waals surface area contributed by atoms with Crippen molar-refractivity contribution in [3.05, 3.63) is 81.9 Å². The Morgan fingerprint density at radius 1 is 1.09 bits per heavy atom. The molecule has 1 amide bonds. The van der Waals surface area contributed by atoms with Crippen LogP contribution in [0.3, 0.4) is 0 Å². The normalized spacial score (nSPS) is 19.2. The monoisotopic (exact) mass is 659 g/mol. The molecule has 0 unspecified atom stereocenters. The summed E-state index contributed by atoms with van der Waals surface area (Å²) in [5.74, 6) is -3.67. The minimum Gasteiger partial charge on any atom is -0.488 e. The number of aromatic carboxylic acids is 1. The third-order valence-electron chi connectivity index (χ3n) is 7.64. The lowest BCUT2D eigenvalue weighted by Crippen LogP contribution is -2.45. The first-order valence-corrected chi connectivity index (χ1v) is 15.4. The number of halogens is 3. The zero-order valence-electron chi connectivity index (χ0n) is 25.8. The highest BCUT2D eigenvalue weighted by Crippen LogP contribution is 2.50. The summed E-state index contributed by atoms with van der Waals surface area (Å²) in [6.45, 7) is 5.73. The Bertz CT molecular complexity index is 1590. The largest absolute Gasteiger partial charge is 0.488 e. The van der Waals surface area contributed by atoms with E-state index in [4.69, 9.17) is 35.3 Å². The molecule has 0 aromatic heterocycles. The molecule has 12 heteroatoms. The number of carbonyl (C=O) groups excluding carboxylic acids is 1. The van der Waals surface area contributed by atoms with Crippen molar-refractivity contribution in [3.8, 4) is 22.6 Å². The second kappa shape index (κ2) is 13.8. The van der Waals surface area contributed by atoms with Crippen molar-refractivity contribution in [2.75, 3.05) is 26.4 Å². The van der Waals surface area contributed by atoms with Crippen molar-refractivity contribution in [2.45, 2.75) is 63.9 Å². The van der Waals surface area contributed by atoms with Crippen LogP contribution in [0.4, 0.5) is 13.6 Å². The van der Waals surface area contributed by atoms with Crippen LogP contribution >= 0.6 is 11.6 Å². The molecule has 0 saturated carbocycles. The highest BCUT2D eigenvalue weighted by atomic mass is 35.5. The molecule has 246 valence electrons. The highest BCUT2D eigenvalue weighted by molar-refractivity contribution is 6.34. The van der Waals surface area contributed by atoms with Crippen LogP contribution < -0.4 is 14.8 Å². The van der Waals surface area contributed by atoms with Gasteiger partial charge in [-0.1, -0.05) is 41.9 Å². The number of ether oxygens (including phenoxy) is 5. The van der Waals surface area contributed by atoms with Gasteiger partial charge in [-0.3, -0.25) is 0 Å². The van der Waals surface area contributed by atoms with Crippen molar-refractivity contribution >= 4 is 23.7 Å². The molecule has 2 atom stereocenters. The quantitative estimate of drug-likeness (QED) is 0.219. The Balaban J connectivity index is 1.51. The number of amides is 1. The number of carboxylic acids is 1. The van der Waals surface area contributed by atoms with Gasteiger partial charge in [0.15, 0.2) is 23.5 Å².